The molecule has 1 aromatic heterocycles. The zero-order valence-electron chi connectivity index (χ0n) is 12.2. The van der Waals surface area contributed by atoms with Crippen molar-refractivity contribution < 1.29 is 10.3 Å². The maximum absolute atomic E-state index is 12.6. The van der Waals surface area contributed by atoms with Crippen molar-refractivity contribution in [1.29, 1.82) is 0 Å². The molecule has 0 fully saturated rings. The number of rotatable bonds is 3. The molecule has 0 radical (unpaired) electrons. The van der Waals surface area contributed by atoms with Crippen molar-refractivity contribution in [3.8, 4) is 5.69 Å². The summed E-state index contributed by atoms with van der Waals surface area (Å²) in [5, 5.41) is 0. The van der Waals surface area contributed by atoms with Crippen molar-refractivity contribution in [3.05, 3.63) is 77.7 Å². The lowest BCUT2D eigenvalue weighted by Crippen LogP contribution is -2.10. The van der Waals surface area contributed by atoms with Crippen molar-refractivity contribution in [3.63, 3.8) is 0 Å². The maximum atomic E-state index is 12.6. The lowest BCUT2D eigenvalue weighted by Gasteiger charge is -2.08. The number of aryl methyl sites for hydroxylation is 1. The second kappa shape index (κ2) is 6.24. The Hall–Kier alpha value is -2.92. The molecule has 0 bridgehead atoms. The number of carbonyl (C=O) groups is 1. The van der Waals surface area contributed by atoms with Crippen molar-refractivity contribution in [1.82, 2.24) is 9.55 Å². The van der Waals surface area contributed by atoms with Crippen LogP contribution in [0.1, 0.15) is 21.6 Å². The van der Waals surface area contributed by atoms with Crippen LogP contribution < -0.4 is 5.73 Å². The van der Waals surface area contributed by atoms with E-state index in [1.165, 1.54) is 0 Å². The van der Waals surface area contributed by atoms with Gasteiger partial charge in [-0.25, -0.2) is 4.98 Å². The lowest BCUT2D eigenvalue weighted by molar-refractivity contribution is 0.103. The third kappa shape index (κ3) is 2.75. The molecule has 0 aliphatic carbocycles. The molecule has 0 unspecified atom stereocenters. The molecule has 0 saturated heterocycles. The number of aromatic nitrogens is 2. The van der Waals surface area contributed by atoms with E-state index in [1.807, 2.05) is 49.4 Å². The summed E-state index contributed by atoms with van der Waals surface area (Å²) >= 11 is 0. The Morgan fingerprint density at radius 1 is 1.05 bits per heavy atom. The fraction of sp³-hybridized carbons (Fsp3) is 0.0588. The number of nitrogens with zero attached hydrogens (tertiary/aromatic N) is 2. The fourth-order valence-electron chi connectivity index (χ4n) is 2.22. The van der Waals surface area contributed by atoms with Gasteiger partial charge < -0.3 is 11.2 Å². The van der Waals surface area contributed by atoms with Gasteiger partial charge in [0.25, 0.3) is 0 Å². The van der Waals surface area contributed by atoms with E-state index >= 15 is 0 Å². The minimum atomic E-state index is -0.133. The van der Waals surface area contributed by atoms with Crippen molar-refractivity contribution in [2.24, 2.45) is 0 Å². The van der Waals surface area contributed by atoms with E-state index in [2.05, 4.69) is 4.98 Å². The van der Waals surface area contributed by atoms with E-state index in [1.54, 1.807) is 23.0 Å². The van der Waals surface area contributed by atoms with Crippen LogP contribution in [0.4, 0.5) is 5.82 Å². The quantitative estimate of drug-likeness (QED) is 0.750. The number of hydrogen-bond acceptors (Lipinski definition) is 3. The lowest BCUT2D eigenvalue weighted by atomic mass is 10.1. The van der Waals surface area contributed by atoms with Gasteiger partial charge in [-0.15, -0.1) is 0 Å². The van der Waals surface area contributed by atoms with Gasteiger partial charge in [-0.2, -0.15) is 0 Å². The van der Waals surface area contributed by atoms with E-state index in [0.29, 0.717) is 11.3 Å². The number of benzene rings is 2. The number of nitrogen functional groups attached to an aromatic ring is 1. The largest absolute Gasteiger partial charge is 0.412 e. The summed E-state index contributed by atoms with van der Waals surface area (Å²) in [5.74, 6) is 0.107. The van der Waals surface area contributed by atoms with E-state index in [9.17, 15) is 4.79 Å². The number of nitrogens with two attached hydrogens (primary N) is 1. The predicted octanol–water partition coefficient (Wildman–Crippen LogP) is 2.17. The number of hydrogen-bond donors (Lipinski definition) is 1. The second-order valence-corrected chi connectivity index (χ2v) is 4.88. The number of carbonyl (C=O) groups excluding carboxylic acids is 1. The van der Waals surface area contributed by atoms with E-state index in [4.69, 9.17) is 5.73 Å². The molecule has 0 atom stereocenters. The first-order valence-corrected chi connectivity index (χ1v) is 6.66. The SMILES string of the molecule is Cc1ccc(-n2cnc(N)c2C(=O)c2ccccc2)cc1.O. The molecule has 0 aliphatic heterocycles. The molecule has 0 aliphatic rings. The topological polar surface area (TPSA) is 92.4 Å². The molecule has 3 aromatic rings. The van der Waals surface area contributed by atoms with Crippen LogP contribution in [0, 0.1) is 6.92 Å². The first kappa shape index (κ1) is 15.5. The average Bonchev–Trinajstić information content (AvgIpc) is 2.90. The van der Waals surface area contributed by atoms with Gasteiger partial charge in [0, 0.05) is 11.3 Å². The van der Waals surface area contributed by atoms with Gasteiger partial charge in [-0.3, -0.25) is 9.36 Å². The van der Waals surface area contributed by atoms with Crippen LogP contribution >= 0.6 is 0 Å². The molecule has 1 heterocycles. The minimum absolute atomic E-state index is 0. The van der Waals surface area contributed by atoms with Gasteiger partial charge in [0.05, 0.1) is 0 Å². The molecular weight excluding hydrogens is 278 g/mol. The van der Waals surface area contributed by atoms with Crippen molar-refractivity contribution >= 4 is 11.6 Å². The molecule has 3 rings (SSSR count). The van der Waals surface area contributed by atoms with Gasteiger partial charge in [-0.1, -0.05) is 48.0 Å². The second-order valence-electron chi connectivity index (χ2n) is 4.88. The molecule has 0 spiro atoms. The molecule has 5 nitrogen and oxygen atoms in total. The van der Waals surface area contributed by atoms with E-state index < -0.39 is 0 Å². The van der Waals surface area contributed by atoms with Crippen molar-refractivity contribution in [2.45, 2.75) is 6.92 Å². The van der Waals surface area contributed by atoms with Crippen LogP contribution in [0.3, 0.4) is 0 Å². The van der Waals surface area contributed by atoms with Gasteiger partial charge in [0.1, 0.15) is 12.0 Å². The highest BCUT2D eigenvalue weighted by molar-refractivity contribution is 6.10. The molecule has 4 N–H and O–H groups in total. The zero-order valence-corrected chi connectivity index (χ0v) is 12.2. The van der Waals surface area contributed by atoms with Gasteiger partial charge in [0.2, 0.25) is 5.78 Å². The number of anilines is 1. The van der Waals surface area contributed by atoms with Crippen LogP contribution in [-0.2, 0) is 0 Å². The van der Waals surface area contributed by atoms with Crippen molar-refractivity contribution in [2.75, 3.05) is 5.73 Å². The molecule has 5 heteroatoms. The van der Waals surface area contributed by atoms with E-state index in [0.717, 1.165) is 11.3 Å². The third-order valence-corrected chi connectivity index (χ3v) is 3.36. The van der Waals surface area contributed by atoms with E-state index in [-0.39, 0.29) is 17.1 Å². The van der Waals surface area contributed by atoms with Crippen LogP contribution in [0.2, 0.25) is 0 Å². The first-order valence-electron chi connectivity index (χ1n) is 6.66. The van der Waals surface area contributed by atoms with Crippen LogP contribution in [0.5, 0.6) is 0 Å². The minimum Gasteiger partial charge on any atom is -0.412 e. The highest BCUT2D eigenvalue weighted by atomic mass is 16.1. The zero-order chi connectivity index (χ0) is 14.8. The van der Waals surface area contributed by atoms with Crippen LogP contribution in [0.25, 0.3) is 5.69 Å². The molecular formula is C17H17N3O2. The Balaban J connectivity index is 0.00000176. The van der Waals surface area contributed by atoms with Crippen LogP contribution in [0.15, 0.2) is 60.9 Å². The highest BCUT2D eigenvalue weighted by Crippen LogP contribution is 2.20. The predicted molar refractivity (Wildman–Crippen MR) is 86.2 cm³/mol. The maximum Gasteiger partial charge on any atom is 0.213 e. The first-order chi connectivity index (χ1) is 10.2. The van der Waals surface area contributed by atoms with Gasteiger partial charge in [-0.05, 0) is 19.1 Å². The van der Waals surface area contributed by atoms with Crippen LogP contribution in [-0.4, -0.2) is 20.8 Å². The summed E-state index contributed by atoms with van der Waals surface area (Å²) in [7, 11) is 0. The Kier molecular flexibility index (Phi) is 4.39. The Morgan fingerprint density at radius 3 is 2.32 bits per heavy atom. The summed E-state index contributed by atoms with van der Waals surface area (Å²) in [4.78, 5) is 16.7. The molecule has 112 valence electrons. The third-order valence-electron chi connectivity index (χ3n) is 3.36. The number of imidazole rings is 1. The standard InChI is InChI=1S/C17H15N3O.H2O/c1-12-7-9-14(10-8-12)20-11-19-17(18)15(20)16(21)13-5-3-2-4-6-13;/h2-11H,18H2,1H3;1H2. The fourth-order valence-corrected chi connectivity index (χ4v) is 2.22. The summed E-state index contributed by atoms with van der Waals surface area (Å²) < 4.78 is 1.73. The Morgan fingerprint density at radius 2 is 1.68 bits per heavy atom. The smallest absolute Gasteiger partial charge is 0.213 e. The Bertz CT molecular complexity index is 777. The number of ketones is 1. The van der Waals surface area contributed by atoms with Gasteiger partial charge in [0.15, 0.2) is 5.82 Å². The van der Waals surface area contributed by atoms with Gasteiger partial charge >= 0.3 is 0 Å². The summed E-state index contributed by atoms with van der Waals surface area (Å²) in [6.45, 7) is 2.02. The monoisotopic (exact) mass is 295 g/mol. The highest BCUT2D eigenvalue weighted by Gasteiger charge is 2.19. The molecule has 22 heavy (non-hydrogen) atoms. The average molecular weight is 295 g/mol. The molecule has 2 aromatic carbocycles. The summed E-state index contributed by atoms with van der Waals surface area (Å²) in [5.41, 5.74) is 8.90. The summed E-state index contributed by atoms with van der Waals surface area (Å²) in [6.07, 6.45) is 1.58. The molecule has 0 saturated carbocycles. The normalized spacial score (nSPS) is 10.0. The Labute approximate surface area is 128 Å². The molecule has 0 amide bonds. The summed E-state index contributed by atoms with van der Waals surface area (Å²) in [6, 6.07) is 16.9.